The Morgan fingerprint density at radius 2 is 1.89 bits per heavy atom. The Labute approximate surface area is 203 Å². The summed E-state index contributed by atoms with van der Waals surface area (Å²) in [6.45, 7) is 0. The first-order valence-electron chi connectivity index (χ1n) is 4.13. The molecule has 1 aromatic rings. The van der Waals surface area contributed by atoms with Gasteiger partial charge in [0.15, 0.2) is 0 Å². The van der Waals surface area contributed by atoms with Crippen LogP contribution in [0.2, 0.25) is 5.02 Å². The molecule has 1 aliphatic rings. The van der Waals surface area contributed by atoms with Crippen molar-refractivity contribution < 1.29 is 122 Å². The van der Waals surface area contributed by atoms with Crippen LogP contribution in [-0.2, 0) is 20.0 Å². The largest absolute Gasteiger partial charge is 1.00 e. The topological polar surface area (TPSA) is 119 Å². The molecular formula is C7H8ClK2N3O4S2. The first-order valence-corrected chi connectivity index (χ1v) is 7.50. The van der Waals surface area contributed by atoms with Crippen LogP contribution in [0.5, 0.6) is 0 Å². The first kappa shape index (κ1) is 21.1. The molecule has 0 saturated carbocycles. The van der Waals surface area contributed by atoms with Crippen LogP contribution in [0.4, 0.5) is 5.69 Å². The average molecular weight is 376 g/mol. The average Bonchev–Trinajstić information content (AvgIpc) is 2.13. The van der Waals surface area contributed by atoms with E-state index in [1.165, 1.54) is 6.07 Å². The molecular weight excluding hydrogens is 368 g/mol. The molecule has 0 aromatic heterocycles. The molecule has 12 heteroatoms. The maximum atomic E-state index is 11.5. The summed E-state index contributed by atoms with van der Waals surface area (Å²) in [5.74, 6) is 0. The van der Waals surface area contributed by atoms with E-state index in [0.717, 1.165) is 12.4 Å². The smallest absolute Gasteiger partial charge is 1.00 e. The van der Waals surface area contributed by atoms with Crippen molar-refractivity contribution in [3.63, 3.8) is 0 Å². The zero-order valence-corrected chi connectivity index (χ0v) is 18.7. The number of halogens is 1. The predicted octanol–water partition coefficient (Wildman–Crippen LogP) is -5.64. The van der Waals surface area contributed by atoms with Gasteiger partial charge in [-0.05, 0) is 12.1 Å². The Bertz CT molecular complexity index is 742. The molecule has 0 radical (unpaired) electrons. The van der Waals surface area contributed by atoms with Gasteiger partial charge in [-0.1, -0.05) is 11.6 Å². The third kappa shape index (κ3) is 4.79. The predicted molar refractivity (Wildman–Crippen MR) is 64.3 cm³/mol. The van der Waals surface area contributed by atoms with Crippen LogP contribution in [0.1, 0.15) is 2.85 Å². The van der Waals surface area contributed by atoms with Gasteiger partial charge < -0.3 is 8.17 Å². The second-order valence-electron chi connectivity index (χ2n) is 3.18. The van der Waals surface area contributed by atoms with Gasteiger partial charge >= 0.3 is 103 Å². The number of hydrogen-bond donors (Lipinski definition) is 2. The maximum absolute atomic E-state index is 11.5. The minimum absolute atomic E-state index is 0. The van der Waals surface area contributed by atoms with E-state index < -0.39 is 24.9 Å². The Balaban J connectivity index is -0.000000810. The molecule has 96 valence electrons. The van der Waals surface area contributed by atoms with Crippen molar-refractivity contribution >= 4 is 43.7 Å². The van der Waals surface area contributed by atoms with E-state index in [9.17, 15) is 16.8 Å². The molecule has 3 N–H and O–H groups in total. The van der Waals surface area contributed by atoms with E-state index in [4.69, 9.17) is 16.7 Å². The number of primary sulfonamides is 1. The molecule has 0 aliphatic carbocycles. The maximum Gasteiger partial charge on any atom is 1.00 e. The van der Waals surface area contributed by atoms with E-state index in [1.807, 2.05) is 0 Å². The number of rotatable bonds is 1. The van der Waals surface area contributed by atoms with Crippen LogP contribution in [0.3, 0.4) is 0 Å². The van der Waals surface area contributed by atoms with Crippen molar-refractivity contribution in [1.82, 2.24) is 0 Å². The number of fused-ring (bicyclic) bond motifs is 1. The summed E-state index contributed by atoms with van der Waals surface area (Å²) in [6, 6.07) is 2.05. The van der Waals surface area contributed by atoms with Gasteiger partial charge in [0.2, 0.25) is 10.0 Å². The SMILES string of the molecule is NS(=O)(=O)c1cc2c(cc1Cl)NC=NS2(=O)=O.[H-].[H-].[K+].[K+]. The van der Waals surface area contributed by atoms with Gasteiger partial charge in [0.1, 0.15) is 16.1 Å². The third-order valence-electron chi connectivity index (χ3n) is 2.03. The Morgan fingerprint density at radius 3 is 2.42 bits per heavy atom. The molecule has 0 fully saturated rings. The molecule has 0 spiro atoms. The van der Waals surface area contributed by atoms with Gasteiger partial charge in [0, 0.05) is 0 Å². The van der Waals surface area contributed by atoms with E-state index in [2.05, 4.69) is 9.71 Å². The number of hydrogen-bond acceptors (Lipinski definition) is 5. The molecule has 0 amide bonds. The molecule has 19 heavy (non-hydrogen) atoms. The monoisotopic (exact) mass is 375 g/mol. The normalized spacial score (nSPS) is 15.5. The molecule has 1 aliphatic heterocycles. The van der Waals surface area contributed by atoms with E-state index in [1.54, 1.807) is 0 Å². The zero-order chi connectivity index (χ0) is 12.8. The fourth-order valence-corrected chi connectivity index (χ4v) is 3.44. The van der Waals surface area contributed by atoms with Crippen molar-refractivity contribution in [2.75, 3.05) is 5.32 Å². The summed E-state index contributed by atoms with van der Waals surface area (Å²) < 4.78 is 48.7. The Kier molecular flexibility index (Phi) is 8.43. The van der Waals surface area contributed by atoms with Crippen LogP contribution >= 0.6 is 11.6 Å². The quantitative estimate of drug-likeness (QED) is 0.474. The number of benzene rings is 1. The van der Waals surface area contributed by atoms with Crippen LogP contribution < -0.4 is 113 Å². The fraction of sp³-hybridized carbons (Fsp3) is 0. The van der Waals surface area contributed by atoms with Gasteiger partial charge in [0.05, 0.1) is 10.7 Å². The van der Waals surface area contributed by atoms with Gasteiger partial charge in [-0.15, -0.1) is 4.40 Å². The number of sulfonamides is 2. The van der Waals surface area contributed by atoms with Crippen molar-refractivity contribution in [3.8, 4) is 0 Å². The van der Waals surface area contributed by atoms with Crippen LogP contribution in [-0.4, -0.2) is 23.2 Å². The number of nitrogens with one attached hydrogen (secondary N) is 1. The van der Waals surface area contributed by atoms with E-state index >= 15 is 0 Å². The minimum Gasteiger partial charge on any atom is -1.00 e. The summed E-state index contributed by atoms with van der Waals surface area (Å²) in [6.07, 6.45) is 0.977. The van der Waals surface area contributed by atoms with Crippen molar-refractivity contribution in [3.05, 3.63) is 17.2 Å². The number of nitrogens with two attached hydrogens (primary N) is 1. The zero-order valence-electron chi connectivity index (χ0n) is 12.1. The molecule has 0 unspecified atom stereocenters. The molecule has 7 nitrogen and oxygen atoms in total. The third-order valence-corrected chi connectivity index (χ3v) is 4.68. The number of nitrogens with zero attached hydrogens (tertiary/aromatic N) is 1. The second-order valence-corrected chi connectivity index (χ2v) is 6.72. The van der Waals surface area contributed by atoms with Crippen molar-refractivity contribution in [2.45, 2.75) is 9.79 Å². The summed E-state index contributed by atoms with van der Waals surface area (Å²) in [5.41, 5.74) is 0.150. The van der Waals surface area contributed by atoms with E-state index in [-0.39, 0.29) is 121 Å². The summed E-state index contributed by atoms with van der Waals surface area (Å²) >= 11 is 5.70. The van der Waals surface area contributed by atoms with Crippen LogP contribution in [0.25, 0.3) is 0 Å². The van der Waals surface area contributed by atoms with Crippen LogP contribution in [0, 0.1) is 0 Å². The van der Waals surface area contributed by atoms with Gasteiger partial charge in [-0.2, -0.15) is 8.42 Å². The first-order chi connectivity index (χ1) is 7.72. The second kappa shape index (κ2) is 7.59. The van der Waals surface area contributed by atoms with Gasteiger partial charge in [-0.3, -0.25) is 0 Å². The Morgan fingerprint density at radius 1 is 1.32 bits per heavy atom. The molecule has 0 saturated heterocycles. The van der Waals surface area contributed by atoms with Gasteiger partial charge in [-0.25, -0.2) is 13.6 Å². The van der Waals surface area contributed by atoms with Crippen LogP contribution in [0.15, 0.2) is 26.3 Å². The van der Waals surface area contributed by atoms with E-state index in [0.29, 0.717) is 0 Å². The fourth-order valence-electron chi connectivity index (χ4n) is 1.30. The molecule has 0 bridgehead atoms. The minimum atomic E-state index is -4.09. The van der Waals surface area contributed by atoms with Gasteiger partial charge in [0.25, 0.3) is 10.0 Å². The molecule has 2 rings (SSSR count). The Hall–Kier alpha value is 2.11. The standard InChI is InChI=1S/C7H6ClN3O4S2.2K.2H/c8-4-1-5-7(2-6(4)16(9,12)13)17(14,15)11-3-10-5;;;;/h1-3H,(H,10,11)(H2,9,12,13);;;;/q;2*+1;2*-1. The molecule has 1 aromatic carbocycles. The molecule has 1 heterocycles. The summed E-state index contributed by atoms with van der Waals surface area (Å²) in [7, 11) is -8.01. The van der Waals surface area contributed by atoms with Crippen molar-refractivity contribution in [1.29, 1.82) is 0 Å². The molecule has 0 atom stereocenters. The number of anilines is 1. The summed E-state index contributed by atoms with van der Waals surface area (Å²) in [4.78, 5) is -0.742. The summed E-state index contributed by atoms with van der Waals surface area (Å²) in [5, 5.41) is 7.30. The van der Waals surface area contributed by atoms with Crippen molar-refractivity contribution in [2.24, 2.45) is 9.54 Å².